The summed E-state index contributed by atoms with van der Waals surface area (Å²) in [6.45, 7) is 7.66. The van der Waals surface area contributed by atoms with Crippen LogP contribution >= 0.6 is 0 Å². The highest BCUT2D eigenvalue weighted by molar-refractivity contribution is 5.93. The van der Waals surface area contributed by atoms with Crippen LogP contribution in [0, 0.1) is 0 Å². The third-order valence-corrected chi connectivity index (χ3v) is 3.82. The van der Waals surface area contributed by atoms with Crippen molar-refractivity contribution in [3.05, 3.63) is 36.0 Å². The highest BCUT2D eigenvalue weighted by atomic mass is 16.5. The number of benzene rings is 1. The summed E-state index contributed by atoms with van der Waals surface area (Å²) in [4.78, 5) is 14.4. The van der Waals surface area contributed by atoms with Gasteiger partial charge in [-0.2, -0.15) is 5.10 Å². The number of nitrogens with one attached hydrogen (secondary N) is 2. The van der Waals surface area contributed by atoms with Crippen molar-refractivity contribution >= 4 is 5.91 Å². The Hall–Kier alpha value is -2.34. The molecule has 6 nitrogen and oxygen atoms in total. The first-order chi connectivity index (χ1) is 11.2. The van der Waals surface area contributed by atoms with Crippen molar-refractivity contribution in [2.24, 2.45) is 0 Å². The number of likely N-dealkylation sites (N-methyl/N-ethyl adjacent to an activating group) is 1. The molecule has 0 saturated heterocycles. The van der Waals surface area contributed by atoms with Crippen LogP contribution in [0.5, 0.6) is 5.75 Å². The van der Waals surface area contributed by atoms with Gasteiger partial charge in [-0.15, -0.1) is 0 Å². The molecule has 124 valence electrons. The van der Waals surface area contributed by atoms with Crippen LogP contribution in [0.25, 0.3) is 11.3 Å². The smallest absolute Gasteiger partial charge is 0.269 e. The average molecular weight is 316 g/mol. The Labute approximate surface area is 136 Å². The Morgan fingerprint density at radius 3 is 2.57 bits per heavy atom. The molecule has 23 heavy (non-hydrogen) atoms. The van der Waals surface area contributed by atoms with Crippen LogP contribution in [0.2, 0.25) is 0 Å². The van der Waals surface area contributed by atoms with E-state index in [4.69, 9.17) is 4.74 Å². The normalized spacial score (nSPS) is 10.8. The van der Waals surface area contributed by atoms with Crippen molar-refractivity contribution in [3.8, 4) is 17.0 Å². The molecular formula is C17H24N4O2. The molecular weight excluding hydrogens is 292 g/mol. The molecule has 0 bridgehead atoms. The molecule has 1 heterocycles. The number of carbonyl (C=O) groups is 1. The summed E-state index contributed by atoms with van der Waals surface area (Å²) in [5.74, 6) is 0.656. The first kappa shape index (κ1) is 17.0. The molecule has 2 aromatic rings. The minimum atomic E-state index is -0.135. The predicted octanol–water partition coefficient (Wildman–Crippen LogP) is 2.16. The van der Waals surface area contributed by atoms with E-state index in [9.17, 15) is 4.79 Å². The van der Waals surface area contributed by atoms with Crippen LogP contribution in [-0.4, -0.2) is 54.3 Å². The number of aromatic amines is 1. The summed E-state index contributed by atoms with van der Waals surface area (Å²) in [6, 6.07) is 9.32. The number of methoxy groups -OCH3 is 1. The SMILES string of the molecule is CCN(CC)CCNC(=O)c1cc(-c2ccc(OC)cc2)n[nH]1. The van der Waals surface area contributed by atoms with Gasteiger partial charge in [0, 0.05) is 18.7 Å². The third kappa shape index (κ3) is 4.56. The number of nitrogens with zero attached hydrogens (tertiary/aromatic N) is 2. The number of H-pyrrole nitrogens is 1. The maximum atomic E-state index is 12.1. The van der Waals surface area contributed by atoms with Gasteiger partial charge in [0.15, 0.2) is 0 Å². The van der Waals surface area contributed by atoms with Crippen LogP contribution in [0.3, 0.4) is 0 Å². The zero-order valence-corrected chi connectivity index (χ0v) is 13.9. The molecule has 0 aliphatic heterocycles. The van der Waals surface area contributed by atoms with Crippen molar-refractivity contribution in [2.45, 2.75) is 13.8 Å². The first-order valence-corrected chi connectivity index (χ1v) is 7.88. The van der Waals surface area contributed by atoms with Crippen molar-refractivity contribution in [3.63, 3.8) is 0 Å². The van der Waals surface area contributed by atoms with Crippen LogP contribution in [-0.2, 0) is 0 Å². The Kier molecular flexibility index (Phi) is 6.17. The van der Waals surface area contributed by atoms with E-state index in [2.05, 4.69) is 34.3 Å². The summed E-state index contributed by atoms with van der Waals surface area (Å²) < 4.78 is 5.13. The Balaban J connectivity index is 1.94. The predicted molar refractivity (Wildman–Crippen MR) is 90.7 cm³/mol. The summed E-state index contributed by atoms with van der Waals surface area (Å²) in [5.41, 5.74) is 2.14. The van der Waals surface area contributed by atoms with Gasteiger partial charge in [-0.25, -0.2) is 0 Å². The standard InChI is InChI=1S/C17H24N4O2/c1-4-21(5-2)11-10-18-17(22)16-12-15(19-20-16)13-6-8-14(23-3)9-7-13/h6-9,12H,4-5,10-11H2,1-3H3,(H,18,22)(H,19,20). The van der Waals surface area contributed by atoms with Gasteiger partial charge in [-0.3, -0.25) is 9.89 Å². The van der Waals surface area contributed by atoms with Gasteiger partial charge in [0.05, 0.1) is 12.8 Å². The molecule has 0 unspecified atom stereocenters. The van der Waals surface area contributed by atoms with Gasteiger partial charge in [-0.1, -0.05) is 13.8 Å². The van der Waals surface area contributed by atoms with Gasteiger partial charge < -0.3 is 15.0 Å². The van der Waals surface area contributed by atoms with E-state index in [0.717, 1.165) is 36.6 Å². The molecule has 0 aliphatic rings. The van der Waals surface area contributed by atoms with E-state index in [1.54, 1.807) is 13.2 Å². The summed E-state index contributed by atoms with van der Waals surface area (Å²) in [6.07, 6.45) is 0. The quantitative estimate of drug-likeness (QED) is 0.783. The van der Waals surface area contributed by atoms with Crippen LogP contribution < -0.4 is 10.1 Å². The van der Waals surface area contributed by atoms with Gasteiger partial charge >= 0.3 is 0 Å². The molecule has 0 fully saturated rings. The van der Waals surface area contributed by atoms with Crippen molar-refractivity contribution in [2.75, 3.05) is 33.3 Å². The number of hydrogen-bond donors (Lipinski definition) is 2. The van der Waals surface area contributed by atoms with Crippen LogP contribution in [0.15, 0.2) is 30.3 Å². The molecule has 0 atom stereocenters. The average Bonchev–Trinajstić information content (AvgIpc) is 3.09. The number of hydrogen-bond acceptors (Lipinski definition) is 4. The molecule has 0 saturated carbocycles. The zero-order chi connectivity index (χ0) is 16.7. The van der Waals surface area contributed by atoms with Crippen molar-refractivity contribution in [1.29, 1.82) is 0 Å². The maximum Gasteiger partial charge on any atom is 0.269 e. The monoisotopic (exact) mass is 316 g/mol. The summed E-state index contributed by atoms with van der Waals surface area (Å²) >= 11 is 0. The lowest BCUT2D eigenvalue weighted by Crippen LogP contribution is -2.34. The minimum absolute atomic E-state index is 0.135. The van der Waals surface area contributed by atoms with Crippen LogP contribution in [0.4, 0.5) is 0 Å². The molecule has 1 amide bonds. The van der Waals surface area contributed by atoms with E-state index < -0.39 is 0 Å². The lowest BCUT2D eigenvalue weighted by atomic mass is 10.1. The molecule has 0 radical (unpaired) electrons. The third-order valence-electron chi connectivity index (χ3n) is 3.82. The fraction of sp³-hybridized carbons (Fsp3) is 0.412. The lowest BCUT2D eigenvalue weighted by Gasteiger charge is -2.17. The number of amides is 1. The first-order valence-electron chi connectivity index (χ1n) is 7.88. The lowest BCUT2D eigenvalue weighted by molar-refractivity contribution is 0.0944. The summed E-state index contributed by atoms with van der Waals surface area (Å²) in [7, 11) is 1.63. The van der Waals surface area contributed by atoms with Gasteiger partial charge in [0.2, 0.25) is 0 Å². The van der Waals surface area contributed by atoms with Gasteiger partial charge in [0.25, 0.3) is 5.91 Å². The van der Waals surface area contributed by atoms with E-state index in [0.29, 0.717) is 12.2 Å². The highest BCUT2D eigenvalue weighted by Gasteiger charge is 2.11. The van der Waals surface area contributed by atoms with E-state index >= 15 is 0 Å². The second kappa shape index (κ2) is 8.33. The fourth-order valence-electron chi connectivity index (χ4n) is 2.31. The topological polar surface area (TPSA) is 70.2 Å². The number of rotatable bonds is 8. The zero-order valence-electron chi connectivity index (χ0n) is 13.9. The van der Waals surface area contributed by atoms with E-state index in [1.807, 2.05) is 24.3 Å². The minimum Gasteiger partial charge on any atom is -0.497 e. The Morgan fingerprint density at radius 2 is 1.96 bits per heavy atom. The van der Waals surface area contributed by atoms with Gasteiger partial charge in [-0.05, 0) is 43.4 Å². The molecule has 6 heteroatoms. The van der Waals surface area contributed by atoms with Crippen molar-refractivity contribution in [1.82, 2.24) is 20.4 Å². The number of aromatic nitrogens is 2. The Morgan fingerprint density at radius 1 is 1.26 bits per heavy atom. The fourth-order valence-corrected chi connectivity index (χ4v) is 2.31. The van der Waals surface area contributed by atoms with E-state index in [-0.39, 0.29) is 5.91 Å². The molecule has 2 N–H and O–H groups in total. The van der Waals surface area contributed by atoms with Crippen molar-refractivity contribution < 1.29 is 9.53 Å². The molecule has 1 aromatic heterocycles. The summed E-state index contributed by atoms with van der Waals surface area (Å²) in [5, 5.41) is 9.90. The van der Waals surface area contributed by atoms with Gasteiger partial charge in [0.1, 0.15) is 11.4 Å². The largest absolute Gasteiger partial charge is 0.497 e. The number of carbonyl (C=O) groups excluding carboxylic acids is 1. The molecule has 1 aromatic carbocycles. The Bertz CT molecular complexity index is 618. The van der Waals surface area contributed by atoms with E-state index in [1.165, 1.54) is 0 Å². The molecule has 0 spiro atoms. The second-order valence-electron chi connectivity index (χ2n) is 5.18. The maximum absolute atomic E-state index is 12.1. The number of ether oxygens (including phenoxy) is 1. The second-order valence-corrected chi connectivity index (χ2v) is 5.18. The highest BCUT2D eigenvalue weighted by Crippen LogP contribution is 2.20. The molecule has 2 rings (SSSR count). The molecule has 0 aliphatic carbocycles. The van der Waals surface area contributed by atoms with Crippen LogP contribution in [0.1, 0.15) is 24.3 Å².